The van der Waals surface area contributed by atoms with Crippen LogP contribution in [0.3, 0.4) is 0 Å². The van der Waals surface area contributed by atoms with E-state index in [1.165, 1.54) is 22.3 Å². The lowest BCUT2D eigenvalue weighted by Gasteiger charge is -2.08. The van der Waals surface area contributed by atoms with Gasteiger partial charge in [-0.2, -0.15) is 22.7 Å². The number of hydrogen-bond donors (Lipinski definition) is 0. The summed E-state index contributed by atoms with van der Waals surface area (Å²) < 4.78 is 2.23. The second-order valence-electron chi connectivity index (χ2n) is 3.84. The van der Waals surface area contributed by atoms with Crippen LogP contribution in [0.1, 0.15) is 0 Å². The van der Waals surface area contributed by atoms with Gasteiger partial charge in [0.25, 0.3) is 0 Å². The highest BCUT2D eigenvalue weighted by molar-refractivity contribution is 9.11. The molecule has 1 aromatic carbocycles. The van der Waals surface area contributed by atoms with E-state index in [1.807, 2.05) is 0 Å². The van der Waals surface area contributed by atoms with Crippen LogP contribution in [-0.4, -0.2) is 0 Å². The number of rotatable bonds is 2. The van der Waals surface area contributed by atoms with E-state index in [4.69, 9.17) is 0 Å². The van der Waals surface area contributed by atoms with Crippen LogP contribution in [0.25, 0.3) is 22.3 Å². The summed E-state index contributed by atoms with van der Waals surface area (Å²) in [4.78, 5) is 0. The van der Waals surface area contributed by atoms with Gasteiger partial charge < -0.3 is 0 Å². The molecule has 2 heterocycles. The van der Waals surface area contributed by atoms with Gasteiger partial charge in [-0.3, -0.25) is 0 Å². The smallest absolute Gasteiger partial charge is 0.0265 e. The maximum atomic E-state index is 3.64. The van der Waals surface area contributed by atoms with Gasteiger partial charge in [0.1, 0.15) is 0 Å². The Hall–Kier alpha value is -0.420. The molecule has 3 aromatic rings. The zero-order valence-corrected chi connectivity index (χ0v) is 14.0. The van der Waals surface area contributed by atoms with Gasteiger partial charge in [0.05, 0.1) is 0 Å². The highest BCUT2D eigenvalue weighted by Crippen LogP contribution is 2.39. The Labute approximate surface area is 131 Å². The molecule has 2 aromatic heterocycles. The molecule has 3 rings (SSSR count). The topological polar surface area (TPSA) is 0 Å². The lowest BCUT2D eigenvalue weighted by Crippen LogP contribution is -1.83. The van der Waals surface area contributed by atoms with Gasteiger partial charge in [-0.15, -0.1) is 0 Å². The van der Waals surface area contributed by atoms with Crippen molar-refractivity contribution >= 4 is 54.5 Å². The van der Waals surface area contributed by atoms with Crippen molar-refractivity contribution < 1.29 is 0 Å². The third-order valence-electron chi connectivity index (χ3n) is 2.72. The van der Waals surface area contributed by atoms with E-state index in [1.54, 1.807) is 22.7 Å². The normalized spacial score (nSPS) is 10.8. The third kappa shape index (κ3) is 2.35. The Morgan fingerprint density at radius 3 is 1.61 bits per heavy atom. The number of benzene rings is 1. The van der Waals surface area contributed by atoms with Crippen LogP contribution in [-0.2, 0) is 0 Å². The summed E-state index contributed by atoms with van der Waals surface area (Å²) in [6, 6.07) is 8.66. The van der Waals surface area contributed by atoms with E-state index >= 15 is 0 Å². The highest BCUT2D eigenvalue weighted by Gasteiger charge is 2.10. The first-order chi connectivity index (χ1) is 8.75. The van der Waals surface area contributed by atoms with Crippen LogP contribution >= 0.6 is 54.5 Å². The largest absolute Gasteiger partial charge is 0.152 e. The molecule has 0 bridgehead atoms. The Morgan fingerprint density at radius 1 is 0.722 bits per heavy atom. The SMILES string of the molecule is Brc1cc(Br)c(-c2ccsc2)cc1-c1ccsc1. The fraction of sp³-hybridized carbons (Fsp3) is 0. The predicted molar refractivity (Wildman–Crippen MR) is 88.5 cm³/mol. The van der Waals surface area contributed by atoms with Crippen LogP contribution in [0.15, 0.2) is 54.7 Å². The van der Waals surface area contributed by atoms with E-state index in [0.29, 0.717) is 0 Å². The predicted octanol–water partition coefficient (Wildman–Crippen LogP) is 6.67. The molecular formula is C14H8Br2S2. The van der Waals surface area contributed by atoms with Crippen LogP contribution in [0.2, 0.25) is 0 Å². The Balaban J connectivity index is 2.20. The van der Waals surface area contributed by atoms with E-state index in [9.17, 15) is 0 Å². The molecule has 0 amide bonds. The van der Waals surface area contributed by atoms with E-state index in [0.717, 1.165) is 8.95 Å². The van der Waals surface area contributed by atoms with Crippen LogP contribution < -0.4 is 0 Å². The number of hydrogen-bond acceptors (Lipinski definition) is 2. The summed E-state index contributed by atoms with van der Waals surface area (Å²) in [5, 5.41) is 8.55. The fourth-order valence-corrected chi connectivity index (χ4v) is 4.59. The van der Waals surface area contributed by atoms with Crippen molar-refractivity contribution in [2.75, 3.05) is 0 Å². The summed E-state index contributed by atoms with van der Waals surface area (Å²) in [6.45, 7) is 0. The van der Waals surface area contributed by atoms with Gasteiger partial charge in [-0.25, -0.2) is 0 Å². The van der Waals surface area contributed by atoms with E-state index in [-0.39, 0.29) is 0 Å². The molecule has 0 nitrogen and oxygen atoms in total. The molecular weight excluding hydrogens is 392 g/mol. The van der Waals surface area contributed by atoms with Crippen molar-refractivity contribution in [3.05, 3.63) is 54.7 Å². The minimum atomic E-state index is 1.12. The van der Waals surface area contributed by atoms with E-state index < -0.39 is 0 Å². The molecule has 0 aliphatic carbocycles. The highest BCUT2D eigenvalue weighted by atomic mass is 79.9. The van der Waals surface area contributed by atoms with Crippen molar-refractivity contribution in [3.8, 4) is 22.3 Å². The molecule has 0 unspecified atom stereocenters. The van der Waals surface area contributed by atoms with Crippen LogP contribution in [0, 0.1) is 0 Å². The molecule has 0 aliphatic rings. The van der Waals surface area contributed by atoms with Gasteiger partial charge in [-0.1, -0.05) is 31.9 Å². The molecule has 90 valence electrons. The van der Waals surface area contributed by atoms with E-state index in [2.05, 4.69) is 77.6 Å². The molecule has 0 saturated carbocycles. The average molecular weight is 400 g/mol. The monoisotopic (exact) mass is 398 g/mol. The van der Waals surface area contributed by atoms with Gasteiger partial charge in [0.15, 0.2) is 0 Å². The van der Waals surface area contributed by atoms with Crippen molar-refractivity contribution in [2.45, 2.75) is 0 Å². The summed E-state index contributed by atoms with van der Waals surface area (Å²) >= 11 is 10.7. The summed E-state index contributed by atoms with van der Waals surface area (Å²) in [5.74, 6) is 0. The molecule has 4 heteroatoms. The summed E-state index contributed by atoms with van der Waals surface area (Å²) in [7, 11) is 0. The fourth-order valence-electron chi connectivity index (χ4n) is 1.83. The summed E-state index contributed by atoms with van der Waals surface area (Å²) in [5.41, 5.74) is 4.99. The minimum Gasteiger partial charge on any atom is -0.152 e. The lowest BCUT2D eigenvalue weighted by atomic mass is 10.0. The van der Waals surface area contributed by atoms with Crippen molar-refractivity contribution in [2.24, 2.45) is 0 Å². The molecule has 18 heavy (non-hydrogen) atoms. The molecule has 0 atom stereocenters. The van der Waals surface area contributed by atoms with Crippen LogP contribution in [0.4, 0.5) is 0 Å². The second-order valence-corrected chi connectivity index (χ2v) is 7.10. The maximum absolute atomic E-state index is 3.64. The summed E-state index contributed by atoms with van der Waals surface area (Å²) in [6.07, 6.45) is 0. The number of thiophene rings is 2. The van der Waals surface area contributed by atoms with Crippen molar-refractivity contribution in [1.82, 2.24) is 0 Å². The Bertz CT molecular complexity index is 600. The maximum Gasteiger partial charge on any atom is 0.0265 e. The Morgan fingerprint density at radius 2 is 1.22 bits per heavy atom. The molecule has 0 saturated heterocycles. The first-order valence-corrected chi connectivity index (χ1v) is 8.77. The molecule has 0 fully saturated rings. The first kappa shape index (κ1) is 12.6. The van der Waals surface area contributed by atoms with Crippen molar-refractivity contribution in [1.29, 1.82) is 0 Å². The average Bonchev–Trinajstić information content (AvgIpc) is 3.01. The molecule has 0 N–H and O–H groups in total. The quantitative estimate of drug-likeness (QED) is 0.451. The van der Waals surface area contributed by atoms with Crippen LogP contribution in [0.5, 0.6) is 0 Å². The first-order valence-electron chi connectivity index (χ1n) is 5.30. The molecule has 0 aliphatic heterocycles. The third-order valence-corrected chi connectivity index (χ3v) is 5.40. The Kier molecular flexibility index (Phi) is 3.71. The lowest BCUT2D eigenvalue weighted by molar-refractivity contribution is 1.57. The molecule has 0 spiro atoms. The zero-order chi connectivity index (χ0) is 12.5. The molecule has 0 radical (unpaired) electrons. The van der Waals surface area contributed by atoms with Gasteiger partial charge >= 0.3 is 0 Å². The van der Waals surface area contributed by atoms with Gasteiger partial charge in [0.2, 0.25) is 0 Å². The number of halogens is 2. The van der Waals surface area contributed by atoms with Gasteiger partial charge in [0, 0.05) is 8.95 Å². The van der Waals surface area contributed by atoms with Crippen molar-refractivity contribution in [3.63, 3.8) is 0 Å². The zero-order valence-electron chi connectivity index (χ0n) is 9.19. The second kappa shape index (κ2) is 5.29. The standard InChI is InChI=1S/C14H8Br2S2/c15-13-6-14(16)12(10-2-4-18-8-10)5-11(13)9-1-3-17-7-9/h1-8H. The van der Waals surface area contributed by atoms with Gasteiger partial charge in [-0.05, 0) is 68.0 Å². The minimum absolute atomic E-state index is 1.12.